The quantitative estimate of drug-likeness (QED) is 0.888. The standard InChI is InChI=1S/C15H18N2O2/c1-12-3-2-4-15(18)17(12)9-10-19-14-7-5-13(11-16)6-8-14/h2-8H,9-11,16H2,1H3. The van der Waals surface area contributed by atoms with E-state index in [1.54, 1.807) is 16.7 Å². The van der Waals surface area contributed by atoms with Crippen molar-refractivity contribution in [2.24, 2.45) is 5.73 Å². The number of pyridine rings is 1. The van der Waals surface area contributed by atoms with Gasteiger partial charge in [-0.3, -0.25) is 4.79 Å². The van der Waals surface area contributed by atoms with Gasteiger partial charge in [-0.15, -0.1) is 0 Å². The molecule has 0 saturated heterocycles. The molecule has 0 aliphatic rings. The fourth-order valence-electron chi connectivity index (χ4n) is 1.89. The highest BCUT2D eigenvalue weighted by atomic mass is 16.5. The molecule has 0 bridgehead atoms. The van der Waals surface area contributed by atoms with Crippen LogP contribution in [0.3, 0.4) is 0 Å². The first-order valence-electron chi connectivity index (χ1n) is 6.29. The third kappa shape index (κ3) is 3.45. The number of aromatic nitrogens is 1. The average molecular weight is 258 g/mol. The second-order valence-electron chi connectivity index (χ2n) is 4.35. The molecule has 0 saturated carbocycles. The molecule has 0 spiro atoms. The molecule has 0 aliphatic heterocycles. The summed E-state index contributed by atoms with van der Waals surface area (Å²) in [5, 5.41) is 0. The summed E-state index contributed by atoms with van der Waals surface area (Å²) in [5.41, 5.74) is 7.54. The lowest BCUT2D eigenvalue weighted by Crippen LogP contribution is -2.23. The molecule has 100 valence electrons. The Morgan fingerprint density at radius 3 is 2.53 bits per heavy atom. The first-order chi connectivity index (χ1) is 9.20. The molecule has 19 heavy (non-hydrogen) atoms. The summed E-state index contributed by atoms with van der Waals surface area (Å²) in [6.45, 7) is 3.45. The van der Waals surface area contributed by atoms with Gasteiger partial charge in [0.15, 0.2) is 0 Å². The van der Waals surface area contributed by atoms with Crippen molar-refractivity contribution in [3.05, 3.63) is 64.1 Å². The van der Waals surface area contributed by atoms with Crippen LogP contribution >= 0.6 is 0 Å². The van der Waals surface area contributed by atoms with E-state index in [0.717, 1.165) is 17.0 Å². The zero-order valence-electron chi connectivity index (χ0n) is 11.0. The van der Waals surface area contributed by atoms with Gasteiger partial charge in [-0.05, 0) is 30.7 Å². The first-order valence-corrected chi connectivity index (χ1v) is 6.29. The van der Waals surface area contributed by atoms with Crippen molar-refractivity contribution in [2.75, 3.05) is 6.61 Å². The Morgan fingerprint density at radius 2 is 1.89 bits per heavy atom. The van der Waals surface area contributed by atoms with E-state index < -0.39 is 0 Å². The smallest absolute Gasteiger partial charge is 0.250 e. The van der Waals surface area contributed by atoms with E-state index in [1.807, 2.05) is 37.3 Å². The second kappa shape index (κ2) is 6.20. The molecule has 1 aromatic heterocycles. The molecule has 1 aromatic carbocycles. The van der Waals surface area contributed by atoms with Crippen molar-refractivity contribution in [3.63, 3.8) is 0 Å². The third-order valence-electron chi connectivity index (χ3n) is 3.01. The summed E-state index contributed by atoms with van der Waals surface area (Å²) in [4.78, 5) is 11.7. The fraction of sp³-hybridized carbons (Fsp3) is 0.267. The van der Waals surface area contributed by atoms with Crippen molar-refractivity contribution >= 4 is 0 Å². The van der Waals surface area contributed by atoms with Gasteiger partial charge in [-0.25, -0.2) is 0 Å². The van der Waals surface area contributed by atoms with Gasteiger partial charge in [0.05, 0.1) is 6.54 Å². The van der Waals surface area contributed by atoms with Gasteiger partial charge in [0.1, 0.15) is 12.4 Å². The van der Waals surface area contributed by atoms with E-state index in [0.29, 0.717) is 19.7 Å². The molecule has 0 unspecified atom stereocenters. The van der Waals surface area contributed by atoms with E-state index in [-0.39, 0.29) is 5.56 Å². The fourth-order valence-corrected chi connectivity index (χ4v) is 1.89. The summed E-state index contributed by atoms with van der Waals surface area (Å²) in [6, 6.07) is 12.9. The van der Waals surface area contributed by atoms with Crippen molar-refractivity contribution < 1.29 is 4.74 Å². The van der Waals surface area contributed by atoms with Gasteiger partial charge >= 0.3 is 0 Å². The first kappa shape index (κ1) is 13.4. The van der Waals surface area contributed by atoms with Crippen LogP contribution < -0.4 is 16.0 Å². The number of nitrogens with two attached hydrogens (primary N) is 1. The van der Waals surface area contributed by atoms with E-state index in [1.165, 1.54) is 0 Å². The molecule has 0 radical (unpaired) electrons. The molecular weight excluding hydrogens is 240 g/mol. The molecular formula is C15H18N2O2. The number of ether oxygens (including phenoxy) is 1. The van der Waals surface area contributed by atoms with Crippen LogP contribution in [0.2, 0.25) is 0 Å². The summed E-state index contributed by atoms with van der Waals surface area (Å²) in [5.74, 6) is 0.791. The lowest BCUT2D eigenvalue weighted by molar-refractivity contribution is 0.295. The lowest BCUT2D eigenvalue weighted by atomic mass is 10.2. The van der Waals surface area contributed by atoms with E-state index in [2.05, 4.69) is 0 Å². The molecule has 0 aliphatic carbocycles. The van der Waals surface area contributed by atoms with Crippen LogP contribution in [0, 0.1) is 6.92 Å². The minimum atomic E-state index is 0.00193. The topological polar surface area (TPSA) is 57.2 Å². The van der Waals surface area contributed by atoms with Gasteiger partial charge in [0, 0.05) is 18.3 Å². The maximum Gasteiger partial charge on any atom is 0.250 e. The van der Waals surface area contributed by atoms with Crippen molar-refractivity contribution in [3.8, 4) is 5.75 Å². The van der Waals surface area contributed by atoms with E-state index in [9.17, 15) is 4.79 Å². The maximum atomic E-state index is 11.7. The highest BCUT2D eigenvalue weighted by molar-refractivity contribution is 5.27. The number of aryl methyl sites for hydroxylation is 1. The van der Waals surface area contributed by atoms with Gasteiger partial charge in [0.2, 0.25) is 0 Å². The highest BCUT2D eigenvalue weighted by Gasteiger charge is 2.00. The predicted octanol–water partition coefficient (Wildman–Crippen LogP) is 1.69. The molecule has 0 fully saturated rings. The van der Waals surface area contributed by atoms with Crippen LogP contribution in [0.15, 0.2) is 47.3 Å². The Balaban J connectivity index is 1.94. The van der Waals surface area contributed by atoms with Crippen molar-refractivity contribution in [2.45, 2.75) is 20.0 Å². The van der Waals surface area contributed by atoms with Crippen LogP contribution in [0.5, 0.6) is 5.75 Å². The van der Waals surface area contributed by atoms with Gasteiger partial charge in [0.25, 0.3) is 5.56 Å². The summed E-state index contributed by atoms with van der Waals surface area (Å²) < 4.78 is 7.32. The molecule has 1 heterocycles. The summed E-state index contributed by atoms with van der Waals surface area (Å²) in [7, 11) is 0. The number of rotatable bonds is 5. The molecule has 2 N–H and O–H groups in total. The van der Waals surface area contributed by atoms with Gasteiger partial charge in [-0.1, -0.05) is 18.2 Å². The van der Waals surface area contributed by atoms with Crippen LogP contribution in [0.1, 0.15) is 11.3 Å². The zero-order chi connectivity index (χ0) is 13.7. The Morgan fingerprint density at radius 1 is 1.16 bits per heavy atom. The van der Waals surface area contributed by atoms with Crippen LogP contribution in [0.4, 0.5) is 0 Å². The number of nitrogens with zero attached hydrogens (tertiary/aromatic N) is 1. The molecule has 4 heteroatoms. The summed E-state index contributed by atoms with van der Waals surface area (Å²) >= 11 is 0. The van der Waals surface area contributed by atoms with Crippen LogP contribution in [-0.2, 0) is 13.1 Å². The maximum absolute atomic E-state index is 11.7. The largest absolute Gasteiger partial charge is 0.492 e. The SMILES string of the molecule is Cc1cccc(=O)n1CCOc1ccc(CN)cc1. The Labute approximate surface area is 112 Å². The lowest BCUT2D eigenvalue weighted by Gasteiger charge is -2.10. The monoisotopic (exact) mass is 258 g/mol. The predicted molar refractivity (Wildman–Crippen MR) is 75.3 cm³/mol. The zero-order valence-corrected chi connectivity index (χ0v) is 11.0. The average Bonchev–Trinajstić information content (AvgIpc) is 2.43. The summed E-state index contributed by atoms with van der Waals surface area (Å²) in [6.07, 6.45) is 0. The van der Waals surface area contributed by atoms with Crippen molar-refractivity contribution in [1.29, 1.82) is 0 Å². The molecule has 4 nitrogen and oxygen atoms in total. The minimum Gasteiger partial charge on any atom is -0.492 e. The van der Waals surface area contributed by atoms with Crippen LogP contribution in [-0.4, -0.2) is 11.2 Å². The normalized spacial score (nSPS) is 10.4. The van der Waals surface area contributed by atoms with Crippen LogP contribution in [0.25, 0.3) is 0 Å². The molecule has 0 amide bonds. The third-order valence-corrected chi connectivity index (χ3v) is 3.01. The Hall–Kier alpha value is -2.07. The second-order valence-corrected chi connectivity index (χ2v) is 4.35. The molecule has 2 rings (SSSR count). The van der Waals surface area contributed by atoms with E-state index >= 15 is 0 Å². The number of benzene rings is 1. The molecule has 2 aromatic rings. The van der Waals surface area contributed by atoms with Gasteiger partial charge in [-0.2, -0.15) is 0 Å². The number of hydrogen-bond acceptors (Lipinski definition) is 3. The highest BCUT2D eigenvalue weighted by Crippen LogP contribution is 2.11. The van der Waals surface area contributed by atoms with E-state index in [4.69, 9.17) is 10.5 Å². The van der Waals surface area contributed by atoms with Gasteiger partial charge < -0.3 is 15.0 Å². The Kier molecular flexibility index (Phi) is 4.36. The Bertz CT molecular complexity index is 588. The minimum absolute atomic E-state index is 0.00193. The molecule has 0 atom stereocenters. The van der Waals surface area contributed by atoms with Crippen molar-refractivity contribution in [1.82, 2.24) is 4.57 Å². The number of hydrogen-bond donors (Lipinski definition) is 1.